The first-order chi connectivity index (χ1) is 10.6. The summed E-state index contributed by atoms with van der Waals surface area (Å²) in [6.45, 7) is 9.10. The summed E-state index contributed by atoms with van der Waals surface area (Å²) in [4.78, 5) is 0. The number of hydrogen-bond donors (Lipinski definition) is 0. The number of rotatable bonds is 4. The van der Waals surface area contributed by atoms with E-state index in [2.05, 4.69) is 81.8 Å². The number of hydrogen-bond acceptors (Lipinski definition) is 0. The molecule has 1 unspecified atom stereocenters. The largest absolute Gasteiger partial charge is 4.00 e. The number of halogens is 2. The van der Waals surface area contributed by atoms with Gasteiger partial charge in [-0.3, -0.25) is 6.08 Å². The van der Waals surface area contributed by atoms with Crippen LogP contribution < -0.4 is 30.1 Å². The third kappa shape index (κ3) is 8.61. The Morgan fingerprint density at radius 3 is 2.40 bits per heavy atom. The SMILES string of the molecule is CCCC(C)C1=[C-]CC=C1.CP(C)c1cc2ccccc2[cH-]1.[Cl-].[Cl-].[Hf+4]. The van der Waals surface area contributed by atoms with Gasteiger partial charge in [0.1, 0.15) is 0 Å². The predicted octanol–water partition coefficient (Wildman–Crippen LogP) is 0.0431. The topological polar surface area (TPSA) is 0 Å². The minimum Gasteiger partial charge on any atom is -1.00 e. The van der Waals surface area contributed by atoms with Crippen LogP contribution in [-0.4, -0.2) is 13.3 Å². The average Bonchev–Trinajstić information content (AvgIpc) is 3.17. The maximum atomic E-state index is 3.35. The van der Waals surface area contributed by atoms with Gasteiger partial charge in [0.2, 0.25) is 0 Å². The summed E-state index contributed by atoms with van der Waals surface area (Å²) in [6.07, 6.45) is 11.3. The second kappa shape index (κ2) is 14.3. The minimum absolute atomic E-state index is 0. The van der Waals surface area contributed by atoms with E-state index in [4.69, 9.17) is 0 Å². The van der Waals surface area contributed by atoms with Gasteiger partial charge in [-0.1, -0.05) is 32.3 Å². The van der Waals surface area contributed by atoms with E-state index in [1.807, 2.05) is 0 Å². The van der Waals surface area contributed by atoms with Gasteiger partial charge in [-0.25, -0.2) is 11.6 Å². The van der Waals surface area contributed by atoms with Crippen LogP contribution in [0.2, 0.25) is 0 Å². The Bertz CT molecular complexity index is 626. The zero-order chi connectivity index (χ0) is 15.9. The van der Waals surface area contributed by atoms with E-state index in [-0.39, 0.29) is 58.6 Å². The molecular weight excluding hydrogens is 533 g/mol. The molecule has 0 spiro atoms. The molecule has 1 aliphatic carbocycles. The van der Waals surface area contributed by atoms with Crippen LogP contribution >= 0.6 is 7.92 Å². The molecule has 0 aliphatic heterocycles. The van der Waals surface area contributed by atoms with E-state index in [9.17, 15) is 0 Å². The first-order valence-electron chi connectivity index (χ1n) is 8.22. The summed E-state index contributed by atoms with van der Waals surface area (Å²) in [5, 5.41) is 4.26. The number of fused-ring (bicyclic) bond motifs is 1. The number of allylic oxidation sites excluding steroid dienone is 4. The third-order valence-corrected chi connectivity index (χ3v) is 5.38. The monoisotopic (exact) mass is 560 g/mol. The zero-order valence-corrected chi connectivity index (χ0v) is 21.5. The maximum absolute atomic E-state index is 3.35. The van der Waals surface area contributed by atoms with Crippen LogP contribution in [-0.2, 0) is 25.8 Å². The standard InChI is InChI=1S/C11H12P.C10H15.2ClH.Hf/c1-12(2)11-7-9-5-3-4-6-10(9)8-11;1-3-6-9(2)10-7-4-5-8-10;;;/h3-8H,1-2H3;4,7,9H,3,5-6H2,1-2H3;2*1H;/q2*-1;;;+4/p-2. The van der Waals surface area contributed by atoms with E-state index in [1.165, 1.54) is 34.5 Å². The molecule has 4 heteroatoms. The van der Waals surface area contributed by atoms with Gasteiger partial charge in [-0.15, -0.1) is 54.7 Å². The predicted molar refractivity (Wildman–Crippen MR) is 103 cm³/mol. The Balaban J connectivity index is 0. The first-order valence-corrected chi connectivity index (χ1v) is 10.5. The van der Waals surface area contributed by atoms with Crippen molar-refractivity contribution in [1.82, 2.24) is 0 Å². The van der Waals surface area contributed by atoms with Crippen LogP contribution in [0.4, 0.5) is 0 Å². The van der Waals surface area contributed by atoms with Crippen LogP contribution in [0, 0.1) is 12.0 Å². The second-order valence-corrected chi connectivity index (χ2v) is 8.47. The fourth-order valence-electron chi connectivity index (χ4n) is 2.74. The normalized spacial score (nSPS) is 13.1. The summed E-state index contributed by atoms with van der Waals surface area (Å²) in [5.41, 5.74) is 1.42. The second-order valence-electron chi connectivity index (χ2n) is 6.17. The van der Waals surface area contributed by atoms with Gasteiger partial charge in [0.15, 0.2) is 0 Å². The van der Waals surface area contributed by atoms with Gasteiger partial charge in [-0.05, 0) is 19.8 Å². The Hall–Kier alpha value is 0.190. The van der Waals surface area contributed by atoms with Crippen molar-refractivity contribution in [3.63, 3.8) is 0 Å². The Labute approximate surface area is 186 Å². The molecule has 0 saturated carbocycles. The summed E-state index contributed by atoms with van der Waals surface area (Å²) in [5.74, 6) is 0.726. The smallest absolute Gasteiger partial charge is 1.00 e. The van der Waals surface area contributed by atoms with Gasteiger partial charge in [-0.2, -0.15) is 12.1 Å². The van der Waals surface area contributed by atoms with Gasteiger partial charge < -0.3 is 24.8 Å². The molecular formula is C21H27Cl2HfP. The molecule has 0 fully saturated rings. The molecule has 1 atom stereocenters. The Morgan fingerprint density at radius 1 is 1.20 bits per heavy atom. The van der Waals surface area contributed by atoms with Gasteiger partial charge >= 0.3 is 25.8 Å². The first kappa shape index (κ1) is 27.4. The van der Waals surface area contributed by atoms with Crippen LogP contribution in [0.1, 0.15) is 33.1 Å². The molecule has 0 radical (unpaired) electrons. The summed E-state index contributed by atoms with van der Waals surface area (Å²) < 4.78 is 0. The fraction of sp³-hybridized carbons (Fsp3) is 0.381. The maximum Gasteiger partial charge on any atom is 4.00 e. The Kier molecular flexibility index (Phi) is 15.6. The van der Waals surface area contributed by atoms with Crippen molar-refractivity contribution in [1.29, 1.82) is 0 Å². The molecule has 0 aromatic heterocycles. The van der Waals surface area contributed by atoms with Crippen LogP contribution in [0.3, 0.4) is 0 Å². The van der Waals surface area contributed by atoms with E-state index in [0.29, 0.717) is 0 Å². The fourth-order valence-corrected chi connectivity index (χ4v) is 3.54. The summed E-state index contributed by atoms with van der Waals surface area (Å²) >= 11 is 0. The third-order valence-electron chi connectivity index (χ3n) is 4.09. The average molecular weight is 560 g/mol. The van der Waals surface area contributed by atoms with Crippen molar-refractivity contribution in [3.8, 4) is 0 Å². The quantitative estimate of drug-likeness (QED) is 0.282. The van der Waals surface area contributed by atoms with E-state index >= 15 is 0 Å². The van der Waals surface area contributed by atoms with Crippen molar-refractivity contribution in [2.45, 2.75) is 33.1 Å². The van der Waals surface area contributed by atoms with Gasteiger partial charge in [0, 0.05) is 0 Å². The van der Waals surface area contributed by atoms with Crippen LogP contribution in [0.25, 0.3) is 10.8 Å². The van der Waals surface area contributed by atoms with Crippen molar-refractivity contribution in [3.05, 3.63) is 60.2 Å². The summed E-state index contributed by atoms with van der Waals surface area (Å²) in [7, 11) is 0.0576. The van der Waals surface area contributed by atoms with Gasteiger partial charge in [0.05, 0.1) is 0 Å². The molecule has 0 saturated heterocycles. The van der Waals surface area contributed by atoms with Crippen molar-refractivity contribution in [2.24, 2.45) is 5.92 Å². The van der Waals surface area contributed by atoms with Gasteiger partial charge in [0.25, 0.3) is 0 Å². The Morgan fingerprint density at radius 2 is 1.88 bits per heavy atom. The van der Waals surface area contributed by atoms with Crippen LogP contribution in [0.15, 0.2) is 54.1 Å². The molecule has 0 N–H and O–H groups in total. The molecule has 3 rings (SSSR count). The molecule has 0 bridgehead atoms. The molecule has 134 valence electrons. The van der Waals surface area contributed by atoms with Crippen LogP contribution in [0.5, 0.6) is 0 Å². The van der Waals surface area contributed by atoms with E-state index in [1.54, 1.807) is 0 Å². The molecule has 0 heterocycles. The minimum atomic E-state index is 0. The summed E-state index contributed by atoms with van der Waals surface area (Å²) in [6, 6.07) is 13.2. The van der Waals surface area contributed by atoms with Crippen molar-refractivity contribution >= 4 is 24.0 Å². The molecule has 0 nitrogen and oxygen atoms in total. The molecule has 0 amide bonds. The van der Waals surface area contributed by atoms with Crippen molar-refractivity contribution < 1.29 is 50.7 Å². The van der Waals surface area contributed by atoms with Crippen molar-refractivity contribution in [2.75, 3.05) is 13.3 Å². The molecule has 2 aromatic carbocycles. The van der Waals surface area contributed by atoms with E-state index < -0.39 is 0 Å². The molecule has 2 aromatic rings. The zero-order valence-electron chi connectivity index (χ0n) is 15.5. The molecule has 25 heavy (non-hydrogen) atoms. The molecule has 1 aliphatic rings. The van der Waals surface area contributed by atoms with E-state index in [0.717, 1.165) is 12.3 Å². The number of benzene rings is 1.